The Bertz CT molecular complexity index is 347. The van der Waals surface area contributed by atoms with Gasteiger partial charge in [0.1, 0.15) is 0 Å². The van der Waals surface area contributed by atoms with E-state index in [4.69, 9.17) is 4.74 Å². The van der Waals surface area contributed by atoms with Crippen LogP contribution in [0.1, 0.15) is 44.9 Å². The average molecular weight is 312 g/mol. The van der Waals surface area contributed by atoms with Crippen molar-refractivity contribution in [3.8, 4) is 0 Å². The third-order valence-corrected chi connectivity index (χ3v) is 6.11. The van der Waals surface area contributed by atoms with Crippen LogP contribution in [0.5, 0.6) is 0 Å². The molecule has 1 atom stereocenters. The molecule has 21 heavy (non-hydrogen) atoms. The van der Waals surface area contributed by atoms with Crippen molar-refractivity contribution in [1.29, 1.82) is 0 Å². The molecule has 0 aliphatic carbocycles. The number of amides is 1. The summed E-state index contributed by atoms with van der Waals surface area (Å²) in [6, 6.07) is 0.535. The van der Waals surface area contributed by atoms with E-state index in [-0.39, 0.29) is 5.60 Å². The van der Waals surface area contributed by atoms with Gasteiger partial charge in [-0.05, 0) is 50.0 Å². The van der Waals surface area contributed by atoms with Gasteiger partial charge in [-0.2, -0.15) is 11.8 Å². The first-order valence-electron chi connectivity index (χ1n) is 8.50. The number of nitrogens with zero attached hydrogens (tertiary/aromatic N) is 1. The molecule has 1 N–H and O–H groups in total. The normalized spacial score (nSPS) is 29.0. The summed E-state index contributed by atoms with van der Waals surface area (Å²) in [5.41, 5.74) is 0.139. The minimum absolute atomic E-state index is 0.139. The molecule has 3 saturated heterocycles. The Labute approximate surface area is 132 Å². The average Bonchev–Trinajstić information content (AvgIpc) is 3.02. The molecule has 5 heteroatoms. The molecule has 0 aromatic carbocycles. The van der Waals surface area contributed by atoms with Crippen LogP contribution in [0.15, 0.2) is 0 Å². The van der Waals surface area contributed by atoms with Gasteiger partial charge in [0, 0.05) is 38.7 Å². The van der Waals surface area contributed by atoms with Crippen LogP contribution in [0.2, 0.25) is 0 Å². The van der Waals surface area contributed by atoms with Gasteiger partial charge < -0.3 is 15.0 Å². The van der Waals surface area contributed by atoms with Crippen LogP contribution < -0.4 is 5.32 Å². The lowest BCUT2D eigenvalue weighted by Gasteiger charge is -2.43. The van der Waals surface area contributed by atoms with Gasteiger partial charge in [-0.3, -0.25) is 4.79 Å². The molecule has 120 valence electrons. The summed E-state index contributed by atoms with van der Waals surface area (Å²) in [6.07, 6.45) is 7.63. The van der Waals surface area contributed by atoms with Crippen molar-refractivity contribution in [3.05, 3.63) is 0 Å². The molecule has 0 saturated carbocycles. The lowest BCUT2D eigenvalue weighted by atomic mass is 9.85. The van der Waals surface area contributed by atoms with Crippen LogP contribution >= 0.6 is 11.8 Å². The van der Waals surface area contributed by atoms with E-state index in [1.165, 1.54) is 37.2 Å². The van der Waals surface area contributed by atoms with Gasteiger partial charge in [-0.15, -0.1) is 0 Å². The van der Waals surface area contributed by atoms with Gasteiger partial charge in [0.2, 0.25) is 5.91 Å². The number of carbonyl (C=O) groups is 1. The highest BCUT2D eigenvalue weighted by Gasteiger charge is 2.38. The maximum Gasteiger partial charge on any atom is 0.223 e. The molecule has 3 aliphatic rings. The predicted octanol–water partition coefficient (Wildman–Crippen LogP) is 2.03. The molecule has 3 rings (SSSR count). The Kier molecular flexibility index (Phi) is 5.46. The summed E-state index contributed by atoms with van der Waals surface area (Å²) in [7, 11) is 0. The van der Waals surface area contributed by atoms with E-state index >= 15 is 0 Å². The monoisotopic (exact) mass is 312 g/mol. The van der Waals surface area contributed by atoms with Crippen molar-refractivity contribution in [2.24, 2.45) is 0 Å². The number of nitrogens with one attached hydrogen (secondary N) is 1. The number of thioether (sulfide) groups is 1. The van der Waals surface area contributed by atoms with Gasteiger partial charge in [0.25, 0.3) is 0 Å². The smallest absolute Gasteiger partial charge is 0.223 e. The SMILES string of the molecule is O=C(CCNC1CCOC2(CCSCC2)C1)N1CCCC1. The summed E-state index contributed by atoms with van der Waals surface area (Å²) < 4.78 is 6.12. The minimum Gasteiger partial charge on any atom is -0.375 e. The van der Waals surface area contributed by atoms with Gasteiger partial charge in [-0.1, -0.05) is 0 Å². The van der Waals surface area contributed by atoms with Crippen LogP contribution in [-0.2, 0) is 9.53 Å². The zero-order valence-electron chi connectivity index (χ0n) is 12.9. The number of likely N-dealkylation sites (tertiary alicyclic amines) is 1. The third-order valence-electron chi connectivity index (χ3n) is 5.13. The van der Waals surface area contributed by atoms with Crippen molar-refractivity contribution in [2.75, 3.05) is 37.7 Å². The van der Waals surface area contributed by atoms with E-state index < -0.39 is 0 Å². The second kappa shape index (κ2) is 7.34. The van der Waals surface area contributed by atoms with E-state index in [2.05, 4.69) is 5.32 Å². The molecule has 0 aromatic heterocycles. The van der Waals surface area contributed by atoms with Gasteiger partial charge in [0.05, 0.1) is 5.60 Å². The summed E-state index contributed by atoms with van der Waals surface area (Å²) >= 11 is 2.05. The van der Waals surface area contributed by atoms with Gasteiger partial charge in [-0.25, -0.2) is 0 Å². The fraction of sp³-hybridized carbons (Fsp3) is 0.938. The molecule has 1 unspecified atom stereocenters. The Morgan fingerprint density at radius 1 is 1.29 bits per heavy atom. The molecule has 0 radical (unpaired) electrons. The molecule has 0 bridgehead atoms. The molecular weight excluding hydrogens is 284 g/mol. The highest BCUT2D eigenvalue weighted by atomic mass is 32.2. The number of rotatable bonds is 4. The van der Waals surface area contributed by atoms with Crippen molar-refractivity contribution in [2.45, 2.75) is 56.6 Å². The first-order valence-corrected chi connectivity index (χ1v) is 9.66. The molecule has 1 spiro atoms. The topological polar surface area (TPSA) is 41.6 Å². The summed E-state index contributed by atoms with van der Waals surface area (Å²) in [5.74, 6) is 2.80. The van der Waals surface area contributed by atoms with Crippen LogP contribution in [0.3, 0.4) is 0 Å². The van der Waals surface area contributed by atoms with Crippen molar-refractivity contribution in [3.63, 3.8) is 0 Å². The van der Waals surface area contributed by atoms with E-state index in [1.807, 2.05) is 16.7 Å². The first kappa shape index (κ1) is 15.6. The molecule has 1 amide bonds. The Balaban J connectivity index is 1.39. The van der Waals surface area contributed by atoms with E-state index in [0.717, 1.165) is 39.1 Å². The lowest BCUT2D eigenvalue weighted by Crippen LogP contribution is -2.49. The van der Waals surface area contributed by atoms with E-state index in [0.29, 0.717) is 18.4 Å². The third kappa shape index (κ3) is 4.14. The zero-order valence-corrected chi connectivity index (χ0v) is 13.8. The summed E-state index contributed by atoms with van der Waals surface area (Å²) in [4.78, 5) is 14.1. The zero-order chi connectivity index (χ0) is 14.5. The van der Waals surface area contributed by atoms with Crippen LogP contribution in [0.4, 0.5) is 0 Å². The maximum absolute atomic E-state index is 12.0. The minimum atomic E-state index is 0.139. The lowest BCUT2D eigenvalue weighted by molar-refractivity contribution is -0.130. The van der Waals surface area contributed by atoms with Crippen LogP contribution in [0.25, 0.3) is 0 Å². The highest BCUT2D eigenvalue weighted by molar-refractivity contribution is 7.99. The molecule has 0 aromatic rings. The van der Waals surface area contributed by atoms with Crippen molar-refractivity contribution < 1.29 is 9.53 Å². The largest absolute Gasteiger partial charge is 0.375 e. The Hall–Kier alpha value is -0.260. The number of carbonyl (C=O) groups excluding carboxylic acids is 1. The Morgan fingerprint density at radius 2 is 2.05 bits per heavy atom. The molecule has 3 aliphatic heterocycles. The molecule has 3 heterocycles. The number of ether oxygens (including phenoxy) is 1. The fourth-order valence-electron chi connectivity index (χ4n) is 3.80. The quantitative estimate of drug-likeness (QED) is 0.862. The van der Waals surface area contributed by atoms with Crippen LogP contribution in [0, 0.1) is 0 Å². The molecular formula is C16H28N2O2S. The van der Waals surface area contributed by atoms with Crippen molar-refractivity contribution >= 4 is 17.7 Å². The number of hydrogen-bond donors (Lipinski definition) is 1. The van der Waals surface area contributed by atoms with Crippen LogP contribution in [-0.4, -0.2) is 60.2 Å². The van der Waals surface area contributed by atoms with E-state index in [9.17, 15) is 4.79 Å². The van der Waals surface area contributed by atoms with E-state index in [1.54, 1.807) is 0 Å². The van der Waals surface area contributed by atoms with Gasteiger partial charge >= 0.3 is 0 Å². The second-order valence-corrected chi connectivity index (χ2v) is 7.85. The van der Waals surface area contributed by atoms with Crippen molar-refractivity contribution in [1.82, 2.24) is 10.2 Å². The molecule has 4 nitrogen and oxygen atoms in total. The standard InChI is InChI=1S/C16H28N2O2S/c19-15(18-8-1-2-9-18)3-7-17-14-4-10-20-16(13-14)5-11-21-12-6-16/h14,17H,1-13H2. The predicted molar refractivity (Wildman–Crippen MR) is 86.7 cm³/mol. The van der Waals surface area contributed by atoms with Gasteiger partial charge in [0.15, 0.2) is 0 Å². The fourth-order valence-corrected chi connectivity index (χ4v) is 5.04. The second-order valence-electron chi connectivity index (χ2n) is 6.63. The summed E-state index contributed by atoms with van der Waals surface area (Å²) in [6.45, 7) is 3.64. The Morgan fingerprint density at radius 3 is 2.81 bits per heavy atom. The molecule has 3 fully saturated rings. The number of hydrogen-bond acceptors (Lipinski definition) is 4. The highest BCUT2D eigenvalue weighted by Crippen LogP contribution is 2.37. The summed E-state index contributed by atoms with van der Waals surface area (Å²) in [5, 5.41) is 3.61. The first-order chi connectivity index (χ1) is 10.3. The maximum atomic E-state index is 12.0.